The summed E-state index contributed by atoms with van der Waals surface area (Å²) in [5, 5.41) is 0. The number of carbonyl (C=O) groups excluding carboxylic acids is 2. The van der Waals surface area contributed by atoms with E-state index in [0.717, 1.165) is 43.3 Å². The summed E-state index contributed by atoms with van der Waals surface area (Å²) < 4.78 is 16.7. The molecule has 158 valence electrons. The number of esters is 2. The van der Waals surface area contributed by atoms with Crippen LogP contribution in [0.25, 0.3) is 0 Å². The molecule has 2 aromatic carbocycles. The van der Waals surface area contributed by atoms with E-state index >= 15 is 0 Å². The van der Waals surface area contributed by atoms with E-state index in [2.05, 4.69) is 0 Å². The van der Waals surface area contributed by atoms with Crippen molar-refractivity contribution in [1.82, 2.24) is 0 Å². The molecule has 0 aromatic heterocycles. The number of rotatable bonds is 5. The fourth-order valence-electron chi connectivity index (χ4n) is 18.4. The first kappa shape index (κ1) is 14.0. The molecule has 1 spiro atoms. The van der Waals surface area contributed by atoms with Crippen LogP contribution in [0, 0.1) is 0 Å². The Kier molecular flexibility index (Phi) is 0.812. The van der Waals surface area contributed by atoms with Crippen LogP contribution >= 0.6 is 0 Å². The monoisotopic (exact) mass is 456 g/mol. The van der Waals surface area contributed by atoms with Crippen LogP contribution in [0.1, 0.15) is 10.4 Å². The Hall–Kier alpha value is -2.30. The second kappa shape index (κ2) is 1.80. The molecule has 12 rings (SSSR count). The van der Waals surface area contributed by atoms with E-state index in [4.69, 9.17) is 14.2 Å². The number of fused-ring (bicyclic) bond motifs is 10. The van der Waals surface area contributed by atoms with Crippen molar-refractivity contribution in [1.29, 1.82) is 0 Å². The Morgan fingerprint density at radius 2 is 1.19 bits per heavy atom. The predicted molar refractivity (Wildman–Crippen MR) is 106 cm³/mol. The minimum absolute atomic E-state index is 0.110. The van der Waals surface area contributed by atoms with Crippen molar-refractivity contribution in [3.8, 4) is 17.2 Å². The van der Waals surface area contributed by atoms with E-state index in [-0.39, 0.29) is 10.3 Å². The van der Waals surface area contributed by atoms with Gasteiger partial charge in [-0.1, -0.05) is 0 Å². The van der Waals surface area contributed by atoms with Crippen LogP contribution < -0.4 is 14.2 Å². The molecule has 31 heavy (non-hydrogen) atoms. The standard InChI is InChI=1S/C20H15O5.C5H5.Fe/c1-23-16-8-6-15(7-9-16)20(22)25-18-12-10-17(11-13-18)24-19(21)14-4-2-3-5-14;1-2-4-5-3-1;/h2-13H,1H3;1-5H;. The molecule has 0 aliphatic carbocycles. The second-order valence-electron chi connectivity index (χ2n) is 13.7. The van der Waals surface area contributed by atoms with Crippen molar-refractivity contribution in [2.45, 2.75) is 47.7 Å². The van der Waals surface area contributed by atoms with E-state index in [9.17, 15) is 9.59 Å². The number of hydrogen-bond acceptors (Lipinski definition) is 5. The van der Waals surface area contributed by atoms with Gasteiger partial charge in [0.1, 0.15) is 5.75 Å². The van der Waals surface area contributed by atoms with Crippen LogP contribution in [0.2, 0.25) is 47.7 Å². The quantitative estimate of drug-likeness (QED) is 0.334. The summed E-state index contributed by atoms with van der Waals surface area (Å²) >= 11 is 0. The van der Waals surface area contributed by atoms with E-state index in [1.165, 1.54) is 0 Å². The first-order chi connectivity index (χ1) is 14.8. The molecular formula is C25H20FeO5. The third kappa shape index (κ3) is 0.291. The first-order valence-corrected chi connectivity index (χ1v) is 17.5. The van der Waals surface area contributed by atoms with E-state index < -0.39 is 12.5 Å². The van der Waals surface area contributed by atoms with Gasteiger partial charge in [-0.15, -0.1) is 0 Å². The summed E-state index contributed by atoms with van der Waals surface area (Å²) in [7, 11) is 1.58. The Bertz CT molecular complexity index is 1650. The van der Waals surface area contributed by atoms with Gasteiger partial charge in [0.05, 0.1) is 7.11 Å². The zero-order chi connectivity index (χ0) is 20.3. The number of carbonyl (C=O) groups is 2. The number of methoxy groups -OCH3 is 1. The van der Waals surface area contributed by atoms with Crippen molar-refractivity contribution < 1.29 is 30.3 Å². The number of benzene rings is 2. The Balaban J connectivity index is 0.845. The molecule has 5 nitrogen and oxygen atoms in total. The molecule has 10 saturated heterocycles. The molecule has 10 fully saturated rings. The van der Waals surface area contributed by atoms with Gasteiger partial charge >= 0.3 is 151 Å². The fraction of sp³-hybridized carbons (Fsp3) is 0.440. The fourth-order valence-corrected chi connectivity index (χ4v) is 91.9. The summed E-state index contributed by atoms with van der Waals surface area (Å²) in [5.41, 5.74) is 0.457. The average molecular weight is 456 g/mol. The molecule has 0 N–H and O–H groups in total. The molecule has 4 unspecified atom stereocenters. The summed E-state index contributed by atoms with van der Waals surface area (Å²) in [6.07, 6.45) is 0. The predicted octanol–water partition coefficient (Wildman–Crippen LogP) is 5.58. The van der Waals surface area contributed by atoms with Crippen LogP contribution in [0.4, 0.5) is 0 Å². The van der Waals surface area contributed by atoms with E-state index in [1.807, 2.05) is 0 Å². The van der Waals surface area contributed by atoms with Crippen molar-refractivity contribution in [2.75, 3.05) is 7.11 Å². The Morgan fingerprint density at radius 3 is 1.61 bits per heavy atom. The summed E-state index contributed by atoms with van der Waals surface area (Å²) in [6, 6.07) is 13.8. The van der Waals surface area contributed by atoms with Crippen molar-refractivity contribution in [2.24, 2.45) is 0 Å². The maximum absolute atomic E-state index is 13.6. The normalized spacial score (nSPS) is 69.9. The Morgan fingerprint density at radius 1 is 0.710 bits per heavy atom. The van der Waals surface area contributed by atoms with Gasteiger partial charge in [-0.2, -0.15) is 0 Å². The van der Waals surface area contributed by atoms with Gasteiger partial charge in [0, 0.05) is 0 Å². The third-order valence-electron chi connectivity index (χ3n) is 17.6. The number of hydrogen-bond donors (Lipinski definition) is 0. The van der Waals surface area contributed by atoms with Gasteiger partial charge in [-0.3, -0.25) is 0 Å². The maximum atomic E-state index is 13.6. The van der Waals surface area contributed by atoms with E-state index in [1.54, 1.807) is 55.6 Å². The van der Waals surface area contributed by atoms with Crippen molar-refractivity contribution in [3.05, 3.63) is 54.1 Å². The van der Waals surface area contributed by atoms with Gasteiger partial charge in [-0.25, -0.2) is 0 Å². The third-order valence-corrected chi connectivity index (χ3v) is 59.8. The molecule has 2 aromatic rings. The molecule has 0 bridgehead atoms. The second-order valence-corrected chi connectivity index (χ2v) is 37.2. The van der Waals surface area contributed by atoms with Gasteiger partial charge in [0.15, 0.2) is 0 Å². The molecule has 10 aliphatic rings. The SMILES string of the molecule is COc1ccc(C(=O)Oc2ccc(OC(=O)[C]34[CH]5[CH]6[CH]7[CH]3[Fe]6754389%10[CH]4[CH]3[CH]8[CH]9[CH]4%10)cc2)cc1. The van der Waals surface area contributed by atoms with Gasteiger partial charge in [0.2, 0.25) is 0 Å². The molecule has 0 amide bonds. The van der Waals surface area contributed by atoms with Gasteiger partial charge in [0.25, 0.3) is 0 Å². The molecule has 6 heteroatoms. The summed E-state index contributed by atoms with van der Waals surface area (Å²) in [5.74, 6) is 1.45. The molecular weight excluding hydrogens is 436 g/mol. The molecule has 10 heterocycles. The van der Waals surface area contributed by atoms with Gasteiger partial charge < -0.3 is 4.74 Å². The topological polar surface area (TPSA) is 61.8 Å². The molecule has 0 radical (unpaired) electrons. The Labute approximate surface area is 168 Å². The number of ether oxygens (including phenoxy) is 3. The zero-order valence-electron chi connectivity index (χ0n) is 16.7. The van der Waals surface area contributed by atoms with Crippen LogP contribution in [0.5, 0.6) is 17.2 Å². The average Bonchev–Trinajstić information content (AvgIpc) is 3.73. The van der Waals surface area contributed by atoms with Crippen LogP contribution in [0.15, 0.2) is 48.5 Å². The first-order valence-electron chi connectivity index (χ1n) is 11.2. The molecule has 10 aliphatic heterocycles. The molecule has 4 atom stereocenters. The van der Waals surface area contributed by atoms with E-state index in [0.29, 0.717) is 22.8 Å². The summed E-state index contributed by atoms with van der Waals surface area (Å²) in [4.78, 5) is 35.5. The summed E-state index contributed by atoms with van der Waals surface area (Å²) in [6.45, 7) is -3.46. The molecule has 0 saturated carbocycles. The zero-order valence-corrected chi connectivity index (χ0v) is 17.8. The van der Waals surface area contributed by atoms with Crippen molar-refractivity contribution in [3.63, 3.8) is 0 Å². The van der Waals surface area contributed by atoms with Gasteiger partial charge in [-0.05, 0) is 0 Å². The van der Waals surface area contributed by atoms with Crippen LogP contribution in [-0.2, 0) is 11.3 Å². The van der Waals surface area contributed by atoms with Crippen molar-refractivity contribution >= 4 is 11.9 Å². The minimum atomic E-state index is -3.46. The van der Waals surface area contributed by atoms with Crippen LogP contribution in [-0.4, -0.2) is 19.0 Å². The van der Waals surface area contributed by atoms with Crippen LogP contribution in [0.3, 0.4) is 0 Å².